The van der Waals surface area contributed by atoms with E-state index in [0.29, 0.717) is 37.4 Å². The summed E-state index contributed by atoms with van der Waals surface area (Å²) in [6.45, 7) is 3.09. The molecule has 3 rings (SSSR count). The van der Waals surface area contributed by atoms with Gasteiger partial charge in [0.25, 0.3) is 0 Å². The minimum Gasteiger partial charge on any atom is -0.495 e. The van der Waals surface area contributed by atoms with Crippen LogP contribution in [0.25, 0.3) is 0 Å². The van der Waals surface area contributed by atoms with Gasteiger partial charge in [0.15, 0.2) is 0 Å². The van der Waals surface area contributed by atoms with E-state index in [-0.39, 0.29) is 17.9 Å². The first kappa shape index (κ1) is 20.2. The number of hydrogen-bond donors (Lipinski definition) is 2. The Morgan fingerprint density at radius 2 is 1.82 bits per heavy atom. The maximum Gasteiger partial charge on any atom is 0.321 e. The van der Waals surface area contributed by atoms with E-state index in [1.165, 1.54) is 0 Å². The number of amides is 3. The van der Waals surface area contributed by atoms with E-state index in [1.807, 2.05) is 49.4 Å². The van der Waals surface area contributed by atoms with Crippen LogP contribution in [0.15, 0.2) is 46.9 Å². The van der Waals surface area contributed by atoms with E-state index in [1.54, 1.807) is 12.0 Å². The molecule has 1 fully saturated rings. The van der Waals surface area contributed by atoms with Gasteiger partial charge >= 0.3 is 6.03 Å². The highest BCUT2D eigenvalue weighted by Gasteiger charge is 2.27. The quantitative estimate of drug-likeness (QED) is 0.719. The predicted molar refractivity (Wildman–Crippen MR) is 114 cm³/mol. The summed E-state index contributed by atoms with van der Waals surface area (Å²) in [6, 6.07) is 12.9. The van der Waals surface area contributed by atoms with Gasteiger partial charge in [-0.05, 0) is 49.6 Å². The molecule has 0 saturated carbocycles. The van der Waals surface area contributed by atoms with E-state index in [4.69, 9.17) is 4.74 Å². The minimum atomic E-state index is -0.140. The number of nitrogens with one attached hydrogen (secondary N) is 2. The van der Waals surface area contributed by atoms with Crippen LogP contribution in [0.4, 0.5) is 16.2 Å². The number of rotatable bonds is 4. The number of urea groups is 1. The Morgan fingerprint density at radius 1 is 1.11 bits per heavy atom. The first-order valence-electron chi connectivity index (χ1n) is 9.24. The van der Waals surface area contributed by atoms with Gasteiger partial charge in [0.1, 0.15) is 5.75 Å². The highest BCUT2D eigenvalue weighted by atomic mass is 79.9. The summed E-state index contributed by atoms with van der Waals surface area (Å²) in [5.74, 6) is 0.478. The number of likely N-dealkylation sites (tertiary alicyclic amines) is 1. The van der Waals surface area contributed by atoms with Gasteiger partial charge in [-0.2, -0.15) is 0 Å². The lowest BCUT2D eigenvalue weighted by atomic mass is 9.96. The van der Waals surface area contributed by atoms with Crippen molar-refractivity contribution in [3.8, 4) is 5.75 Å². The fourth-order valence-electron chi connectivity index (χ4n) is 3.20. The fraction of sp³-hybridized carbons (Fsp3) is 0.333. The van der Waals surface area contributed by atoms with Crippen molar-refractivity contribution in [1.29, 1.82) is 0 Å². The van der Waals surface area contributed by atoms with Crippen molar-refractivity contribution < 1.29 is 14.3 Å². The van der Waals surface area contributed by atoms with Gasteiger partial charge in [0, 0.05) is 29.2 Å². The second-order valence-corrected chi connectivity index (χ2v) is 7.70. The Labute approximate surface area is 173 Å². The number of carbonyl (C=O) groups excluding carboxylic acids is 2. The molecule has 0 aliphatic carbocycles. The Bertz CT molecular complexity index is 864. The SMILES string of the molecule is COc1ccccc1NC(=O)C1CCN(C(=O)Nc2ccc(C)c(Br)c2)CC1. The summed E-state index contributed by atoms with van der Waals surface area (Å²) < 4.78 is 6.23. The molecule has 2 aromatic rings. The number of nitrogens with zero attached hydrogens (tertiary/aromatic N) is 1. The second-order valence-electron chi connectivity index (χ2n) is 6.84. The van der Waals surface area contributed by atoms with Crippen LogP contribution in [-0.2, 0) is 4.79 Å². The summed E-state index contributed by atoms with van der Waals surface area (Å²) in [6.07, 6.45) is 1.26. The number of benzene rings is 2. The van der Waals surface area contributed by atoms with Crippen LogP contribution in [0.2, 0.25) is 0 Å². The number of ether oxygens (including phenoxy) is 1. The predicted octanol–water partition coefficient (Wildman–Crippen LogP) is 4.65. The molecule has 0 radical (unpaired) electrons. The summed E-state index contributed by atoms with van der Waals surface area (Å²) in [5.41, 5.74) is 2.53. The Balaban J connectivity index is 1.52. The Morgan fingerprint density at radius 3 is 2.50 bits per heavy atom. The molecule has 1 heterocycles. The molecule has 6 nitrogen and oxygen atoms in total. The molecule has 0 atom stereocenters. The minimum absolute atomic E-state index is 0.0352. The lowest BCUT2D eigenvalue weighted by Crippen LogP contribution is -2.43. The molecule has 2 aromatic carbocycles. The smallest absolute Gasteiger partial charge is 0.321 e. The van der Waals surface area contributed by atoms with Crippen molar-refractivity contribution in [1.82, 2.24) is 4.90 Å². The lowest BCUT2D eigenvalue weighted by Gasteiger charge is -2.31. The molecular formula is C21H24BrN3O3. The van der Waals surface area contributed by atoms with Crippen molar-refractivity contribution in [2.75, 3.05) is 30.8 Å². The zero-order chi connectivity index (χ0) is 20.1. The molecule has 148 valence electrons. The first-order chi connectivity index (χ1) is 13.5. The summed E-state index contributed by atoms with van der Waals surface area (Å²) >= 11 is 3.47. The van der Waals surface area contributed by atoms with Crippen molar-refractivity contribution in [3.63, 3.8) is 0 Å². The molecule has 7 heteroatoms. The lowest BCUT2D eigenvalue weighted by molar-refractivity contribution is -0.121. The third-order valence-corrected chi connectivity index (χ3v) is 5.80. The number of hydrogen-bond acceptors (Lipinski definition) is 3. The van der Waals surface area contributed by atoms with Crippen LogP contribution < -0.4 is 15.4 Å². The molecule has 0 bridgehead atoms. The standard InChI is InChI=1S/C21H24BrN3O3/c1-14-7-8-16(13-17(14)22)23-21(27)25-11-9-15(10-12-25)20(26)24-18-5-3-4-6-19(18)28-2/h3-8,13,15H,9-12H2,1-2H3,(H,23,27)(H,24,26). The maximum atomic E-state index is 12.6. The maximum absolute atomic E-state index is 12.6. The van der Waals surface area contributed by atoms with Gasteiger partial charge < -0.3 is 20.3 Å². The number of halogens is 1. The number of para-hydroxylation sites is 2. The summed E-state index contributed by atoms with van der Waals surface area (Å²) in [4.78, 5) is 26.8. The van der Waals surface area contributed by atoms with E-state index in [9.17, 15) is 9.59 Å². The molecule has 1 aliphatic rings. The summed E-state index contributed by atoms with van der Waals surface area (Å²) in [5, 5.41) is 5.86. The average molecular weight is 446 g/mol. The van der Waals surface area contributed by atoms with Gasteiger partial charge in [-0.15, -0.1) is 0 Å². The van der Waals surface area contributed by atoms with Crippen molar-refractivity contribution >= 4 is 39.2 Å². The monoisotopic (exact) mass is 445 g/mol. The van der Waals surface area contributed by atoms with Gasteiger partial charge in [0.05, 0.1) is 12.8 Å². The summed E-state index contributed by atoms with van der Waals surface area (Å²) in [7, 11) is 1.58. The molecule has 28 heavy (non-hydrogen) atoms. The van der Waals surface area contributed by atoms with Crippen molar-refractivity contribution in [3.05, 3.63) is 52.5 Å². The van der Waals surface area contributed by atoms with Crippen molar-refractivity contribution in [2.24, 2.45) is 5.92 Å². The van der Waals surface area contributed by atoms with Crippen molar-refractivity contribution in [2.45, 2.75) is 19.8 Å². The van der Waals surface area contributed by atoms with Crippen LogP contribution in [0.5, 0.6) is 5.75 Å². The average Bonchev–Trinajstić information content (AvgIpc) is 2.71. The third-order valence-electron chi connectivity index (χ3n) is 4.94. The van der Waals surface area contributed by atoms with E-state index in [2.05, 4.69) is 26.6 Å². The van der Waals surface area contributed by atoms with Crippen LogP contribution in [0.1, 0.15) is 18.4 Å². The van der Waals surface area contributed by atoms with Crippen LogP contribution in [0.3, 0.4) is 0 Å². The normalized spacial score (nSPS) is 14.5. The fourth-order valence-corrected chi connectivity index (χ4v) is 3.58. The Hall–Kier alpha value is -2.54. The zero-order valence-electron chi connectivity index (χ0n) is 16.0. The Kier molecular flexibility index (Phi) is 6.57. The third kappa shape index (κ3) is 4.84. The van der Waals surface area contributed by atoms with Gasteiger partial charge in [-0.25, -0.2) is 4.79 Å². The molecule has 1 saturated heterocycles. The van der Waals surface area contributed by atoms with E-state index >= 15 is 0 Å². The number of anilines is 2. The number of methoxy groups -OCH3 is 1. The van der Waals surface area contributed by atoms with Gasteiger partial charge in [0.2, 0.25) is 5.91 Å². The largest absolute Gasteiger partial charge is 0.495 e. The topological polar surface area (TPSA) is 70.7 Å². The number of aryl methyl sites for hydroxylation is 1. The molecule has 2 N–H and O–H groups in total. The highest BCUT2D eigenvalue weighted by molar-refractivity contribution is 9.10. The van der Waals surface area contributed by atoms with Gasteiger partial charge in [-0.3, -0.25) is 4.79 Å². The number of carbonyl (C=O) groups is 2. The highest BCUT2D eigenvalue weighted by Crippen LogP contribution is 2.26. The van der Waals surface area contributed by atoms with E-state index < -0.39 is 0 Å². The van der Waals surface area contributed by atoms with Crippen LogP contribution in [0, 0.1) is 12.8 Å². The molecule has 3 amide bonds. The van der Waals surface area contributed by atoms with Crippen LogP contribution >= 0.6 is 15.9 Å². The van der Waals surface area contributed by atoms with E-state index in [0.717, 1.165) is 15.7 Å². The first-order valence-corrected chi connectivity index (χ1v) is 10.0. The second kappa shape index (κ2) is 9.10. The molecule has 0 spiro atoms. The number of piperidine rings is 1. The molecule has 0 unspecified atom stereocenters. The molecule has 0 aromatic heterocycles. The van der Waals surface area contributed by atoms with Crippen LogP contribution in [-0.4, -0.2) is 37.0 Å². The molecular weight excluding hydrogens is 422 g/mol. The van der Waals surface area contributed by atoms with Gasteiger partial charge in [-0.1, -0.05) is 34.1 Å². The molecule has 1 aliphatic heterocycles. The zero-order valence-corrected chi connectivity index (χ0v) is 17.6.